The average molecular weight is 211 g/mol. The lowest BCUT2D eigenvalue weighted by Crippen LogP contribution is -2.29. The Morgan fingerprint density at radius 2 is 2.07 bits per heavy atom. The number of aliphatic hydroxyl groups is 1. The Morgan fingerprint density at radius 3 is 2.60 bits per heavy atom. The number of nitrogens with one attached hydrogen (secondary N) is 1. The summed E-state index contributed by atoms with van der Waals surface area (Å²) in [4.78, 5) is 11.5. The van der Waals surface area contributed by atoms with Gasteiger partial charge in [-0.1, -0.05) is 6.92 Å². The van der Waals surface area contributed by atoms with E-state index in [0.29, 0.717) is 12.1 Å². The summed E-state index contributed by atoms with van der Waals surface area (Å²) in [5.74, 6) is -0.597. The molecule has 1 aromatic rings. The molecule has 0 heterocycles. The lowest BCUT2D eigenvalue weighted by Gasteiger charge is -2.09. The van der Waals surface area contributed by atoms with Crippen LogP contribution in [0.3, 0.4) is 0 Å². The van der Waals surface area contributed by atoms with E-state index in [9.17, 15) is 9.18 Å². The number of hydrogen-bond acceptors (Lipinski definition) is 2. The van der Waals surface area contributed by atoms with Gasteiger partial charge in [0.25, 0.3) is 5.91 Å². The molecule has 2 N–H and O–H groups in total. The van der Waals surface area contributed by atoms with Crippen molar-refractivity contribution < 1.29 is 14.3 Å². The summed E-state index contributed by atoms with van der Waals surface area (Å²) in [6, 6.07) is 5.33. The normalized spacial score (nSPS) is 12.2. The van der Waals surface area contributed by atoms with E-state index in [1.807, 2.05) is 6.92 Å². The van der Waals surface area contributed by atoms with Gasteiger partial charge in [0.05, 0.1) is 0 Å². The van der Waals surface area contributed by atoms with Gasteiger partial charge in [-0.25, -0.2) is 4.39 Å². The van der Waals surface area contributed by atoms with E-state index in [0.717, 1.165) is 0 Å². The van der Waals surface area contributed by atoms with Crippen LogP contribution in [0.2, 0.25) is 0 Å². The standard InChI is InChI=1S/C11H14FNO2/c1-8(7-14)6-13-11(15)9-2-4-10(12)5-3-9/h2-5,8,14H,6-7H2,1H3,(H,13,15). The van der Waals surface area contributed by atoms with Gasteiger partial charge in [0.1, 0.15) is 5.82 Å². The Kier molecular flexibility index (Phi) is 4.24. The maximum absolute atomic E-state index is 12.6. The highest BCUT2D eigenvalue weighted by molar-refractivity contribution is 5.94. The molecule has 0 aromatic heterocycles. The zero-order chi connectivity index (χ0) is 11.3. The molecule has 1 amide bonds. The van der Waals surface area contributed by atoms with Crippen molar-refractivity contribution in [2.45, 2.75) is 6.92 Å². The largest absolute Gasteiger partial charge is 0.396 e. The van der Waals surface area contributed by atoms with Gasteiger partial charge in [-0.2, -0.15) is 0 Å². The third-order valence-electron chi connectivity index (χ3n) is 2.03. The first-order valence-corrected chi connectivity index (χ1v) is 4.78. The fourth-order valence-electron chi connectivity index (χ4n) is 1.03. The minimum Gasteiger partial charge on any atom is -0.396 e. The van der Waals surface area contributed by atoms with Gasteiger partial charge in [-0.05, 0) is 30.2 Å². The fraction of sp³-hybridized carbons (Fsp3) is 0.364. The maximum atomic E-state index is 12.6. The molecule has 0 saturated carbocycles. The molecule has 0 spiro atoms. The second-order valence-electron chi connectivity index (χ2n) is 3.50. The van der Waals surface area contributed by atoms with Crippen LogP contribution in [0, 0.1) is 11.7 Å². The number of carbonyl (C=O) groups is 1. The Labute approximate surface area is 87.9 Å². The van der Waals surface area contributed by atoms with Gasteiger partial charge in [0.15, 0.2) is 0 Å². The maximum Gasteiger partial charge on any atom is 0.251 e. The molecule has 0 aliphatic rings. The Bertz CT molecular complexity index is 324. The van der Waals surface area contributed by atoms with Crippen molar-refractivity contribution >= 4 is 5.91 Å². The van der Waals surface area contributed by atoms with Crippen molar-refractivity contribution in [3.63, 3.8) is 0 Å². The zero-order valence-electron chi connectivity index (χ0n) is 8.53. The highest BCUT2D eigenvalue weighted by Crippen LogP contribution is 2.02. The lowest BCUT2D eigenvalue weighted by atomic mass is 10.1. The third-order valence-corrected chi connectivity index (χ3v) is 2.03. The molecule has 1 aromatic carbocycles. The number of rotatable bonds is 4. The molecule has 0 fully saturated rings. The summed E-state index contributed by atoms with van der Waals surface area (Å²) in [6.45, 7) is 2.27. The average Bonchev–Trinajstić information content (AvgIpc) is 2.26. The van der Waals surface area contributed by atoms with Crippen molar-refractivity contribution in [3.8, 4) is 0 Å². The quantitative estimate of drug-likeness (QED) is 0.785. The number of halogens is 1. The van der Waals surface area contributed by atoms with Crippen LogP contribution < -0.4 is 5.32 Å². The third kappa shape index (κ3) is 3.67. The molecule has 0 saturated heterocycles. The van der Waals surface area contributed by atoms with E-state index in [-0.39, 0.29) is 24.2 Å². The van der Waals surface area contributed by atoms with E-state index in [2.05, 4.69) is 5.32 Å². The van der Waals surface area contributed by atoms with E-state index >= 15 is 0 Å². The van der Waals surface area contributed by atoms with E-state index in [4.69, 9.17) is 5.11 Å². The summed E-state index contributed by atoms with van der Waals surface area (Å²) >= 11 is 0. The van der Waals surface area contributed by atoms with Crippen LogP contribution in [0.15, 0.2) is 24.3 Å². The van der Waals surface area contributed by atoms with Gasteiger partial charge in [-0.3, -0.25) is 4.79 Å². The summed E-state index contributed by atoms with van der Waals surface area (Å²) in [5, 5.41) is 11.4. The molecule has 0 aliphatic carbocycles. The first-order valence-electron chi connectivity index (χ1n) is 4.78. The number of hydrogen-bond donors (Lipinski definition) is 2. The number of carbonyl (C=O) groups excluding carboxylic acids is 1. The van der Waals surface area contributed by atoms with Gasteiger partial charge >= 0.3 is 0 Å². The molecule has 82 valence electrons. The molecular weight excluding hydrogens is 197 g/mol. The van der Waals surface area contributed by atoms with Gasteiger partial charge < -0.3 is 10.4 Å². The Hall–Kier alpha value is -1.42. The lowest BCUT2D eigenvalue weighted by molar-refractivity contribution is 0.0942. The topological polar surface area (TPSA) is 49.3 Å². The second-order valence-corrected chi connectivity index (χ2v) is 3.50. The van der Waals surface area contributed by atoms with Crippen LogP contribution in [0.4, 0.5) is 4.39 Å². The summed E-state index contributed by atoms with van der Waals surface area (Å²) in [5.41, 5.74) is 0.418. The molecule has 15 heavy (non-hydrogen) atoms. The number of benzene rings is 1. The van der Waals surface area contributed by atoms with Crippen molar-refractivity contribution in [2.24, 2.45) is 5.92 Å². The Morgan fingerprint density at radius 1 is 1.47 bits per heavy atom. The van der Waals surface area contributed by atoms with Crippen LogP contribution in [0.25, 0.3) is 0 Å². The van der Waals surface area contributed by atoms with Crippen LogP contribution in [-0.4, -0.2) is 24.2 Å². The summed E-state index contributed by atoms with van der Waals surface area (Å²) < 4.78 is 12.6. The zero-order valence-corrected chi connectivity index (χ0v) is 8.53. The summed E-state index contributed by atoms with van der Waals surface area (Å²) in [6.07, 6.45) is 0. The minimum absolute atomic E-state index is 0.0226. The van der Waals surface area contributed by atoms with Crippen LogP contribution in [-0.2, 0) is 0 Å². The molecule has 1 atom stereocenters. The molecule has 3 nitrogen and oxygen atoms in total. The van der Waals surface area contributed by atoms with Crippen molar-refractivity contribution in [1.29, 1.82) is 0 Å². The highest BCUT2D eigenvalue weighted by atomic mass is 19.1. The first kappa shape index (κ1) is 11.7. The predicted molar refractivity (Wildman–Crippen MR) is 55.0 cm³/mol. The Balaban J connectivity index is 2.50. The van der Waals surface area contributed by atoms with Crippen molar-refractivity contribution in [1.82, 2.24) is 5.32 Å². The molecule has 1 rings (SSSR count). The predicted octanol–water partition coefficient (Wildman–Crippen LogP) is 1.18. The van der Waals surface area contributed by atoms with E-state index < -0.39 is 0 Å². The SMILES string of the molecule is CC(CO)CNC(=O)c1ccc(F)cc1. The van der Waals surface area contributed by atoms with E-state index in [1.165, 1.54) is 24.3 Å². The van der Waals surface area contributed by atoms with Gasteiger partial charge in [0, 0.05) is 18.7 Å². The number of aliphatic hydroxyl groups excluding tert-OH is 1. The van der Waals surface area contributed by atoms with Gasteiger partial charge in [0.2, 0.25) is 0 Å². The van der Waals surface area contributed by atoms with Crippen LogP contribution >= 0.6 is 0 Å². The second kappa shape index (κ2) is 5.46. The summed E-state index contributed by atoms with van der Waals surface area (Å²) in [7, 11) is 0. The first-order chi connectivity index (χ1) is 7.13. The van der Waals surface area contributed by atoms with Crippen molar-refractivity contribution in [3.05, 3.63) is 35.6 Å². The van der Waals surface area contributed by atoms with Crippen molar-refractivity contribution in [2.75, 3.05) is 13.2 Å². The molecule has 4 heteroatoms. The minimum atomic E-state index is -0.365. The molecule has 0 radical (unpaired) electrons. The van der Waals surface area contributed by atoms with Gasteiger partial charge in [-0.15, -0.1) is 0 Å². The molecular formula is C11H14FNO2. The molecule has 0 aliphatic heterocycles. The smallest absolute Gasteiger partial charge is 0.251 e. The highest BCUT2D eigenvalue weighted by Gasteiger charge is 2.06. The molecule has 1 unspecified atom stereocenters. The van der Waals surface area contributed by atoms with Crippen LogP contribution in [0.5, 0.6) is 0 Å². The van der Waals surface area contributed by atoms with E-state index in [1.54, 1.807) is 0 Å². The fourth-order valence-corrected chi connectivity index (χ4v) is 1.03. The van der Waals surface area contributed by atoms with Crippen LogP contribution in [0.1, 0.15) is 17.3 Å². The monoisotopic (exact) mass is 211 g/mol. The number of amides is 1. The molecule has 0 bridgehead atoms.